The number of nitrogens with zero attached hydrogens (tertiary/aromatic N) is 2. The zero-order valence-electron chi connectivity index (χ0n) is 12.0. The number of carbonyl (C=O) groups excluding carboxylic acids is 1. The summed E-state index contributed by atoms with van der Waals surface area (Å²) in [6, 6.07) is 13.4. The molecule has 2 heterocycles. The molecule has 1 fully saturated rings. The van der Waals surface area contributed by atoms with E-state index in [1.807, 2.05) is 36.4 Å². The first-order valence-corrected chi connectivity index (χ1v) is 7.42. The molecule has 0 unspecified atom stereocenters. The molecule has 4 heteroatoms. The molecule has 0 saturated heterocycles. The Hall–Kier alpha value is -2.75. The van der Waals surface area contributed by atoms with Gasteiger partial charge in [0, 0.05) is 23.2 Å². The number of carbonyl (C=O) groups is 1. The van der Waals surface area contributed by atoms with Crippen LogP contribution in [0, 0.1) is 0 Å². The van der Waals surface area contributed by atoms with E-state index in [-0.39, 0.29) is 5.91 Å². The third-order valence-electron chi connectivity index (χ3n) is 3.90. The summed E-state index contributed by atoms with van der Waals surface area (Å²) in [7, 11) is 0. The Morgan fingerprint density at radius 2 is 2.00 bits per heavy atom. The van der Waals surface area contributed by atoms with Crippen molar-refractivity contribution < 1.29 is 4.79 Å². The zero-order chi connectivity index (χ0) is 14.9. The predicted octanol–water partition coefficient (Wildman–Crippen LogP) is 3.76. The lowest BCUT2D eigenvalue weighted by atomic mass is 10.1. The van der Waals surface area contributed by atoms with Crippen LogP contribution in [-0.4, -0.2) is 15.9 Å². The van der Waals surface area contributed by atoms with Crippen molar-refractivity contribution in [3.8, 4) is 0 Å². The summed E-state index contributed by atoms with van der Waals surface area (Å²) >= 11 is 0. The molecule has 4 nitrogen and oxygen atoms in total. The zero-order valence-corrected chi connectivity index (χ0v) is 12.0. The fraction of sp³-hybridized carbons (Fsp3) is 0.167. The molecule has 1 aromatic carbocycles. The molecule has 0 atom stereocenters. The van der Waals surface area contributed by atoms with Gasteiger partial charge in [0.1, 0.15) is 0 Å². The van der Waals surface area contributed by atoms with E-state index in [1.54, 1.807) is 18.5 Å². The van der Waals surface area contributed by atoms with Crippen molar-refractivity contribution in [1.82, 2.24) is 9.97 Å². The lowest BCUT2D eigenvalue weighted by Gasteiger charge is -2.10. The molecule has 3 aromatic rings. The Bertz CT molecular complexity index is 841. The minimum Gasteiger partial charge on any atom is -0.321 e. The number of hydrogen-bond acceptors (Lipinski definition) is 3. The van der Waals surface area contributed by atoms with Gasteiger partial charge in [0.05, 0.1) is 23.0 Å². The fourth-order valence-corrected chi connectivity index (χ4v) is 2.61. The van der Waals surface area contributed by atoms with Gasteiger partial charge in [-0.15, -0.1) is 0 Å². The number of anilines is 1. The van der Waals surface area contributed by atoms with Crippen molar-refractivity contribution in [2.75, 3.05) is 5.32 Å². The van der Waals surface area contributed by atoms with Gasteiger partial charge in [-0.1, -0.05) is 18.2 Å². The van der Waals surface area contributed by atoms with E-state index in [4.69, 9.17) is 4.98 Å². The van der Waals surface area contributed by atoms with Crippen molar-refractivity contribution in [1.29, 1.82) is 0 Å². The molecule has 22 heavy (non-hydrogen) atoms. The number of pyridine rings is 2. The van der Waals surface area contributed by atoms with Crippen LogP contribution in [-0.2, 0) is 0 Å². The molecular weight excluding hydrogens is 274 g/mol. The van der Waals surface area contributed by atoms with E-state index in [0.717, 1.165) is 29.4 Å². The average molecular weight is 289 g/mol. The number of aromatic nitrogens is 2. The predicted molar refractivity (Wildman–Crippen MR) is 85.9 cm³/mol. The number of rotatable bonds is 3. The van der Waals surface area contributed by atoms with Gasteiger partial charge in [0.25, 0.3) is 5.91 Å². The van der Waals surface area contributed by atoms with E-state index in [9.17, 15) is 4.79 Å². The molecule has 0 radical (unpaired) electrons. The summed E-state index contributed by atoms with van der Waals surface area (Å²) in [5.74, 6) is 0.392. The maximum Gasteiger partial charge on any atom is 0.256 e. The van der Waals surface area contributed by atoms with Crippen molar-refractivity contribution in [2.24, 2.45) is 0 Å². The lowest BCUT2D eigenvalue weighted by Crippen LogP contribution is -2.13. The summed E-state index contributed by atoms with van der Waals surface area (Å²) in [6.45, 7) is 0. The van der Waals surface area contributed by atoms with E-state index in [1.165, 1.54) is 0 Å². The van der Waals surface area contributed by atoms with Crippen LogP contribution in [0.15, 0.2) is 54.9 Å². The second kappa shape index (κ2) is 5.22. The maximum atomic E-state index is 12.7. The molecule has 4 rings (SSSR count). The van der Waals surface area contributed by atoms with Gasteiger partial charge in [0.15, 0.2) is 0 Å². The molecular formula is C18H15N3O. The first-order chi connectivity index (χ1) is 10.8. The van der Waals surface area contributed by atoms with Gasteiger partial charge in [-0.2, -0.15) is 0 Å². The topological polar surface area (TPSA) is 54.9 Å². The summed E-state index contributed by atoms with van der Waals surface area (Å²) in [5, 5.41) is 3.79. The average Bonchev–Trinajstić information content (AvgIpc) is 3.39. The number of nitrogens with one attached hydrogen (secondary N) is 1. The van der Waals surface area contributed by atoms with Gasteiger partial charge in [-0.25, -0.2) is 0 Å². The van der Waals surface area contributed by atoms with Gasteiger partial charge in [0.2, 0.25) is 0 Å². The highest BCUT2D eigenvalue weighted by Crippen LogP contribution is 2.40. The van der Waals surface area contributed by atoms with Crippen LogP contribution in [0.25, 0.3) is 10.9 Å². The van der Waals surface area contributed by atoms with Crippen LogP contribution in [0.2, 0.25) is 0 Å². The quantitative estimate of drug-likeness (QED) is 0.798. The summed E-state index contributed by atoms with van der Waals surface area (Å²) in [4.78, 5) is 21.4. The number of hydrogen-bond donors (Lipinski definition) is 1. The molecule has 108 valence electrons. The van der Waals surface area contributed by atoms with Gasteiger partial charge < -0.3 is 5.32 Å². The molecule has 1 amide bonds. The molecule has 0 aliphatic heterocycles. The fourth-order valence-electron chi connectivity index (χ4n) is 2.61. The second-order valence-corrected chi connectivity index (χ2v) is 5.58. The first-order valence-electron chi connectivity index (χ1n) is 7.42. The highest BCUT2D eigenvalue weighted by atomic mass is 16.1. The first kappa shape index (κ1) is 13.0. The van der Waals surface area contributed by atoms with Crippen LogP contribution in [0.3, 0.4) is 0 Å². The summed E-state index contributed by atoms with van der Waals surface area (Å²) < 4.78 is 0. The van der Waals surface area contributed by atoms with Gasteiger partial charge in [-0.05, 0) is 37.1 Å². The molecule has 1 aliphatic carbocycles. The smallest absolute Gasteiger partial charge is 0.256 e. The van der Waals surface area contributed by atoms with E-state index < -0.39 is 0 Å². The van der Waals surface area contributed by atoms with Crippen molar-refractivity contribution in [3.63, 3.8) is 0 Å². The monoisotopic (exact) mass is 289 g/mol. The van der Waals surface area contributed by atoms with Crippen molar-refractivity contribution >= 4 is 22.5 Å². The van der Waals surface area contributed by atoms with E-state index >= 15 is 0 Å². The van der Waals surface area contributed by atoms with Gasteiger partial charge >= 0.3 is 0 Å². The van der Waals surface area contributed by atoms with Crippen LogP contribution in [0.1, 0.15) is 34.8 Å². The largest absolute Gasteiger partial charge is 0.321 e. The Labute approximate surface area is 128 Å². The Kier molecular flexibility index (Phi) is 3.07. The molecule has 1 aliphatic rings. The van der Waals surface area contributed by atoms with Gasteiger partial charge in [-0.3, -0.25) is 14.8 Å². The summed E-state index contributed by atoms with van der Waals surface area (Å²) in [5.41, 5.74) is 3.27. The van der Waals surface area contributed by atoms with E-state index in [0.29, 0.717) is 17.2 Å². The maximum absolute atomic E-state index is 12.7. The second-order valence-electron chi connectivity index (χ2n) is 5.58. The van der Waals surface area contributed by atoms with Crippen LogP contribution < -0.4 is 5.32 Å². The van der Waals surface area contributed by atoms with Crippen LogP contribution in [0.5, 0.6) is 0 Å². The van der Waals surface area contributed by atoms with Crippen LogP contribution >= 0.6 is 0 Å². The number of amides is 1. The molecule has 0 spiro atoms. The van der Waals surface area contributed by atoms with E-state index in [2.05, 4.69) is 10.3 Å². The summed E-state index contributed by atoms with van der Waals surface area (Å²) in [6.07, 6.45) is 5.65. The normalized spacial score (nSPS) is 14.0. The number of para-hydroxylation sites is 1. The molecule has 1 N–H and O–H groups in total. The Morgan fingerprint density at radius 3 is 2.77 bits per heavy atom. The van der Waals surface area contributed by atoms with Crippen molar-refractivity contribution in [2.45, 2.75) is 18.8 Å². The minimum atomic E-state index is -0.117. The third-order valence-corrected chi connectivity index (χ3v) is 3.90. The van der Waals surface area contributed by atoms with Crippen molar-refractivity contribution in [3.05, 3.63) is 66.1 Å². The molecule has 0 bridgehead atoms. The Morgan fingerprint density at radius 1 is 1.14 bits per heavy atom. The highest BCUT2D eigenvalue weighted by molar-refractivity contribution is 6.12. The standard InChI is InChI=1S/C18H15N3O/c22-18(20-13-4-3-9-19-11-13)15-10-17(12-7-8-12)21-16-6-2-1-5-14(15)16/h1-6,9-12H,7-8H2,(H,20,22). The SMILES string of the molecule is O=C(Nc1cccnc1)c1cc(C2CC2)nc2ccccc12. The molecule has 2 aromatic heterocycles. The lowest BCUT2D eigenvalue weighted by molar-refractivity contribution is 0.102. The number of benzene rings is 1. The number of fused-ring (bicyclic) bond motifs is 1. The third kappa shape index (κ3) is 2.44. The minimum absolute atomic E-state index is 0.117. The highest BCUT2D eigenvalue weighted by Gasteiger charge is 2.26. The Balaban J connectivity index is 1.77. The van der Waals surface area contributed by atoms with Crippen LogP contribution in [0.4, 0.5) is 5.69 Å². The molecule has 1 saturated carbocycles.